The first-order valence-electron chi connectivity index (χ1n) is 11.5. The predicted octanol–water partition coefficient (Wildman–Crippen LogP) is 1.42. The van der Waals surface area contributed by atoms with Gasteiger partial charge in [0, 0.05) is 45.3 Å². The van der Waals surface area contributed by atoms with Crippen molar-refractivity contribution in [2.45, 2.75) is 25.4 Å². The number of benzene rings is 1. The summed E-state index contributed by atoms with van der Waals surface area (Å²) in [5.41, 5.74) is 9.98. The van der Waals surface area contributed by atoms with Crippen LogP contribution in [0.5, 0.6) is 0 Å². The molecule has 2 saturated heterocycles. The van der Waals surface area contributed by atoms with Crippen LogP contribution in [0.15, 0.2) is 35.1 Å². The van der Waals surface area contributed by atoms with Crippen LogP contribution in [0.25, 0.3) is 11.2 Å². The number of imidazole rings is 1. The van der Waals surface area contributed by atoms with Crippen LogP contribution in [0, 0.1) is 11.3 Å². The van der Waals surface area contributed by atoms with Crippen LogP contribution in [-0.4, -0.2) is 59.6 Å². The van der Waals surface area contributed by atoms with Gasteiger partial charge in [-0.25, -0.2) is 9.78 Å². The molecule has 2 N–H and O–H groups in total. The van der Waals surface area contributed by atoms with Gasteiger partial charge in [0.25, 0.3) is 0 Å². The Hall–Kier alpha value is -3.35. The van der Waals surface area contributed by atoms with Crippen LogP contribution in [0.1, 0.15) is 24.0 Å². The minimum atomic E-state index is -0.146. The zero-order valence-corrected chi connectivity index (χ0v) is 18.9. The number of pyridine rings is 1. The number of aromatic nitrogens is 3. The fraction of sp³-hybridized carbons (Fsp3) is 0.458. The average Bonchev–Trinajstić information content (AvgIpc) is 3.09. The quantitative estimate of drug-likeness (QED) is 0.645. The lowest BCUT2D eigenvalue weighted by Crippen LogP contribution is -2.43. The number of rotatable bonds is 4. The number of morpholine rings is 1. The van der Waals surface area contributed by atoms with Gasteiger partial charge in [0.1, 0.15) is 11.3 Å². The van der Waals surface area contributed by atoms with Crippen molar-refractivity contribution < 1.29 is 4.74 Å². The predicted molar refractivity (Wildman–Crippen MR) is 128 cm³/mol. The summed E-state index contributed by atoms with van der Waals surface area (Å²) in [5.74, 6) is 0.852. The van der Waals surface area contributed by atoms with Gasteiger partial charge in [-0.1, -0.05) is 18.2 Å². The molecule has 9 nitrogen and oxygen atoms in total. The van der Waals surface area contributed by atoms with Crippen LogP contribution < -0.4 is 21.2 Å². The van der Waals surface area contributed by atoms with Gasteiger partial charge in [-0.05, 0) is 24.5 Å². The van der Waals surface area contributed by atoms with E-state index in [0.717, 1.165) is 61.6 Å². The third-order valence-electron chi connectivity index (χ3n) is 6.65. The van der Waals surface area contributed by atoms with Gasteiger partial charge < -0.3 is 20.3 Å². The second-order valence-electron chi connectivity index (χ2n) is 8.82. The summed E-state index contributed by atoms with van der Waals surface area (Å²) in [5, 5.41) is 9.56. The van der Waals surface area contributed by atoms with E-state index < -0.39 is 0 Å². The average molecular weight is 448 g/mol. The Bertz CT molecular complexity index is 1270. The molecule has 0 radical (unpaired) electrons. The van der Waals surface area contributed by atoms with Crippen molar-refractivity contribution in [1.82, 2.24) is 14.1 Å². The lowest BCUT2D eigenvalue weighted by atomic mass is 10.1. The minimum absolute atomic E-state index is 0.0944. The Morgan fingerprint density at radius 1 is 1.21 bits per heavy atom. The first-order chi connectivity index (χ1) is 16.1. The van der Waals surface area contributed by atoms with E-state index in [1.54, 1.807) is 22.2 Å². The van der Waals surface area contributed by atoms with Crippen molar-refractivity contribution in [3.63, 3.8) is 0 Å². The number of nitrogens with two attached hydrogens (primary N) is 1. The molecule has 2 fully saturated rings. The maximum Gasteiger partial charge on any atom is 0.330 e. The van der Waals surface area contributed by atoms with E-state index in [0.29, 0.717) is 31.0 Å². The molecule has 5 rings (SSSR count). The number of fused-ring (bicyclic) bond motifs is 1. The zero-order chi connectivity index (χ0) is 22.9. The van der Waals surface area contributed by atoms with Crippen LogP contribution in [0.3, 0.4) is 0 Å². The van der Waals surface area contributed by atoms with E-state index in [9.17, 15) is 10.1 Å². The van der Waals surface area contributed by atoms with Gasteiger partial charge in [-0.2, -0.15) is 5.26 Å². The highest BCUT2D eigenvalue weighted by Gasteiger charge is 2.26. The zero-order valence-electron chi connectivity index (χ0n) is 18.9. The van der Waals surface area contributed by atoms with E-state index >= 15 is 0 Å². The molecule has 9 heteroatoms. The molecule has 0 spiro atoms. The number of aryl methyl sites for hydroxylation is 1. The molecule has 0 unspecified atom stereocenters. The number of anilines is 2. The van der Waals surface area contributed by atoms with Crippen molar-refractivity contribution in [3.8, 4) is 6.07 Å². The van der Waals surface area contributed by atoms with Gasteiger partial charge >= 0.3 is 5.69 Å². The van der Waals surface area contributed by atoms with Crippen molar-refractivity contribution >= 4 is 22.7 Å². The normalized spacial score (nSPS) is 19.1. The van der Waals surface area contributed by atoms with Gasteiger partial charge in [0.2, 0.25) is 0 Å². The third-order valence-corrected chi connectivity index (χ3v) is 6.65. The summed E-state index contributed by atoms with van der Waals surface area (Å²) in [4.78, 5) is 22.8. The fourth-order valence-corrected chi connectivity index (χ4v) is 4.87. The van der Waals surface area contributed by atoms with Crippen LogP contribution in [0.4, 0.5) is 11.5 Å². The van der Waals surface area contributed by atoms with Gasteiger partial charge in [-0.3, -0.25) is 9.13 Å². The lowest BCUT2D eigenvalue weighted by Gasteiger charge is -2.34. The van der Waals surface area contributed by atoms with Crippen molar-refractivity contribution in [3.05, 3.63) is 51.9 Å². The smallest absolute Gasteiger partial charge is 0.330 e. The van der Waals surface area contributed by atoms with Crippen LogP contribution in [0.2, 0.25) is 0 Å². The van der Waals surface area contributed by atoms with E-state index in [4.69, 9.17) is 15.5 Å². The SMILES string of the molecule is Cn1c(=O)n(Cc2ccccc2C#N)c2c(N3CCC[C@@H](N)C3)cc(N3CCOCC3)nc21. The number of ether oxygens (including phenoxy) is 1. The lowest BCUT2D eigenvalue weighted by molar-refractivity contribution is 0.122. The maximum absolute atomic E-state index is 13.4. The molecule has 3 aromatic rings. The molecule has 1 atom stereocenters. The Kier molecular flexibility index (Phi) is 5.79. The topological polar surface area (TPSA) is 105 Å². The molecule has 2 aromatic heterocycles. The van der Waals surface area contributed by atoms with Crippen molar-refractivity contribution in [1.29, 1.82) is 5.26 Å². The Balaban J connectivity index is 1.70. The third kappa shape index (κ3) is 3.96. The number of hydrogen-bond acceptors (Lipinski definition) is 7. The highest BCUT2D eigenvalue weighted by molar-refractivity contribution is 5.89. The van der Waals surface area contributed by atoms with Crippen LogP contribution >= 0.6 is 0 Å². The highest BCUT2D eigenvalue weighted by Crippen LogP contribution is 2.32. The first-order valence-corrected chi connectivity index (χ1v) is 11.5. The Morgan fingerprint density at radius 3 is 2.76 bits per heavy atom. The summed E-state index contributed by atoms with van der Waals surface area (Å²) in [7, 11) is 1.76. The largest absolute Gasteiger partial charge is 0.378 e. The summed E-state index contributed by atoms with van der Waals surface area (Å²) in [6, 6.07) is 11.8. The summed E-state index contributed by atoms with van der Waals surface area (Å²) < 4.78 is 8.88. The standard InChI is InChI=1S/C24H29N7O2/c1-28-23-22(31(24(28)32)15-18-6-3-2-5-17(18)14-25)20(30-8-4-7-19(26)16-30)13-21(27-23)29-9-11-33-12-10-29/h2-3,5-6,13,19H,4,7-12,15-16,26H2,1H3/t19-/m1/s1. The molecule has 0 amide bonds. The molecule has 0 bridgehead atoms. The number of piperidine rings is 1. The van der Waals surface area contributed by atoms with Crippen molar-refractivity contribution in [2.75, 3.05) is 49.2 Å². The van der Waals surface area contributed by atoms with E-state index in [1.807, 2.05) is 18.2 Å². The number of nitriles is 1. The first kappa shape index (κ1) is 21.5. The minimum Gasteiger partial charge on any atom is -0.378 e. The molecule has 1 aromatic carbocycles. The van der Waals surface area contributed by atoms with E-state index in [2.05, 4.69) is 21.9 Å². The molecule has 0 saturated carbocycles. The fourth-order valence-electron chi connectivity index (χ4n) is 4.87. The molecular weight excluding hydrogens is 418 g/mol. The highest BCUT2D eigenvalue weighted by atomic mass is 16.5. The Labute approximate surface area is 192 Å². The second kappa shape index (κ2) is 8.89. The molecule has 33 heavy (non-hydrogen) atoms. The van der Waals surface area contributed by atoms with Crippen LogP contribution in [-0.2, 0) is 18.3 Å². The molecule has 172 valence electrons. The second-order valence-corrected chi connectivity index (χ2v) is 8.82. The monoisotopic (exact) mass is 447 g/mol. The van der Waals surface area contributed by atoms with Gasteiger partial charge in [0.15, 0.2) is 5.65 Å². The summed E-state index contributed by atoms with van der Waals surface area (Å²) in [6.07, 6.45) is 2.00. The summed E-state index contributed by atoms with van der Waals surface area (Å²) in [6.45, 7) is 4.78. The number of nitrogens with zero attached hydrogens (tertiary/aromatic N) is 6. The maximum atomic E-state index is 13.4. The van der Waals surface area contributed by atoms with Crippen molar-refractivity contribution in [2.24, 2.45) is 12.8 Å². The molecule has 2 aliphatic rings. The molecule has 0 aliphatic carbocycles. The molecule has 4 heterocycles. The molecule has 2 aliphatic heterocycles. The van der Waals surface area contributed by atoms with Gasteiger partial charge in [0.05, 0.1) is 37.1 Å². The van der Waals surface area contributed by atoms with E-state index in [1.165, 1.54) is 0 Å². The summed E-state index contributed by atoms with van der Waals surface area (Å²) >= 11 is 0. The Morgan fingerprint density at radius 2 is 2.00 bits per heavy atom. The van der Waals surface area contributed by atoms with E-state index in [-0.39, 0.29) is 11.7 Å². The van der Waals surface area contributed by atoms with Gasteiger partial charge in [-0.15, -0.1) is 0 Å². The molecular formula is C24H29N7O2. The number of hydrogen-bond donors (Lipinski definition) is 1.